The van der Waals surface area contributed by atoms with Gasteiger partial charge in [0.05, 0.1) is 19.6 Å². The van der Waals surface area contributed by atoms with E-state index in [2.05, 4.69) is 0 Å². The Bertz CT molecular complexity index is 429. The molecule has 0 aliphatic carbocycles. The van der Waals surface area contributed by atoms with Crippen LogP contribution in [0.2, 0.25) is 0 Å². The number of halogens is 3. The van der Waals surface area contributed by atoms with Crippen LogP contribution in [0.1, 0.15) is 5.56 Å². The molecule has 0 atom stereocenters. The molecule has 0 fully saturated rings. The van der Waals surface area contributed by atoms with Gasteiger partial charge in [0.2, 0.25) is 5.91 Å². The van der Waals surface area contributed by atoms with Crippen LogP contribution in [0.25, 0.3) is 0 Å². The summed E-state index contributed by atoms with van der Waals surface area (Å²) in [7, 11) is 1.59. The van der Waals surface area contributed by atoms with E-state index in [0.29, 0.717) is 25.6 Å². The summed E-state index contributed by atoms with van der Waals surface area (Å²) in [5, 5.41) is 0. The summed E-state index contributed by atoms with van der Waals surface area (Å²) in [5.74, 6) is -1.81. The SMILES string of the molecule is CN(CCOCCCl)C(=O)Cc1cccc(F)c1F. The summed E-state index contributed by atoms with van der Waals surface area (Å²) in [5.41, 5.74) is 0.0542. The lowest BCUT2D eigenvalue weighted by Crippen LogP contribution is -2.31. The highest BCUT2D eigenvalue weighted by Gasteiger charge is 2.14. The molecule has 6 heteroatoms. The zero-order valence-corrected chi connectivity index (χ0v) is 11.4. The standard InChI is InChI=1S/C13H16ClF2NO2/c1-17(6-8-19-7-5-14)12(18)9-10-3-2-4-11(15)13(10)16/h2-4H,5-9H2,1H3. The summed E-state index contributed by atoms with van der Waals surface area (Å²) < 4.78 is 31.5. The summed E-state index contributed by atoms with van der Waals surface area (Å²) in [6.07, 6.45) is -0.171. The minimum atomic E-state index is -0.970. The summed E-state index contributed by atoms with van der Waals surface area (Å²) >= 11 is 5.44. The van der Waals surface area contributed by atoms with Crippen molar-refractivity contribution in [1.29, 1.82) is 0 Å². The minimum Gasteiger partial charge on any atom is -0.378 e. The molecule has 19 heavy (non-hydrogen) atoms. The molecule has 1 rings (SSSR count). The average Bonchev–Trinajstić information content (AvgIpc) is 2.39. The third-order valence-corrected chi connectivity index (χ3v) is 2.75. The van der Waals surface area contributed by atoms with Gasteiger partial charge in [-0.15, -0.1) is 11.6 Å². The van der Waals surface area contributed by atoms with Gasteiger partial charge in [-0.1, -0.05) is 12.1 Å². The fraction of sp³-hybridized carbons (Fsp3) is 0.462. The number of hydrogen-bond acceptors (Lipinski definition) is 2. The second-order valence-electron chi connectivity index (χ2n) is 4.01. The Morgan fingerprint density at radius 1 is 1.37 bits per heavy atom. The molecule has 0 saturated heterocycles. The smallest absolute Gasteiger partial charge is 0.226 e. The molecule has 1 aromatic carbocycles. The van der Waals surface area contributed by atoms with Gasteiger partial charge in [-0.3, -0.25) is 4.79 Å². The quantitative estimate of drug-likeness (QED) is 0.569. The third kappa shape index (κ3) is 5.12. The Labute approximate surface area is 116 Å². The summed E-state index contributed by atoms with van der Waals surface area (Å²) in [6, 6.07) is 3.80. The molecule has 0 aromatic heterocycles. The highest BCUT2D eigenvalue weighted by atomic mass is 35.5. The van der Waals surface area contributed by atoms with E-state index in [1.54, 1.807) is 7.05 Å². The number of carbonyl (C=O) groups excluding carboxylic acids is 1. The van der Waals surface area contributed by atoms with Gasteiger partial charge in [-0.25, -0.2) is 8.78 Å². The second-order valence-corrected chi connectivity index (χ2v) is 4.38. The van der Waals surface area contributed by atoms with Gasteiger partial charge < -0.3 is 9.64 Å². The Morgan fingerprint density at radius 2 is 2.11 bits per heavy atom. The van der Waals surface area contributed by atoms with Crippen molar-refractivity contribution in [2.45, 2.75) is 6.42 Å². The number of hydrogen-bond donors (Lipinski definition) is 0. The van der Waals surface area contributed by atoms with Crippen LogP contribution in [0.3, 0.4) is 0 Å². The van der Waals surface area contributed by atoms with E-state index < -0.39 is 11.6 Å². The Kier molecular flexibility index (Phi) is 6.73. The van der Waals surface area contributed by atoms with Crippen molar-refractivity contribution in [2.24, 2.45) is 0 Å². The molecule has 3 nitrogen and oxygen atoms in total. The molecule has 0 spiro atoms. The molecule has 106 valence electrons. The lowest BCUT2D eigenvalue weighted by Gasteiger charge is -2.17. The number of rotatable bonds is 7. The Morgan fingerprint density at radius 3 is 2.79 bits per heavy atom. The molecular weight excluding hydrogens is 276 g/mol. The molecule has 1 aromatic rings. The highest BCUT2D eigenvalue weighted by Crippen LogP contribution is 2.12. The van der Waals surface area contributed by atoms with E-state index in [1.165, 1.54) is 17.0 Å². The van der Waals surface area contributed by atoms with Crippen molar-refractivity contribution in [3.05, 3.63) is 35.4 Å². The van der Waals surface area contributed by atoms with Crippen LogP contribution >= 0.6 is 11.6 Å². The lowest BCUT2D eigenvalue weighted by molar-refractivity contribution is -0.129. The van der Waals surface area contributed by atoms with E-state index in [4.69, 9.17) is 16.3 Å². The van der Waals surface area contributed by atoms with Crippen molar-refractivity contribution in [1.82, 2.24) is 4.90 Å². The van der Waals surface area contributed by atoms with Gasteiger partial charge in [0.15, 0.2) is 11.6 Å². The normalized spacial score (nSPS) is 10.5. The van der Waals surface area contributed by atoms with Gasteiger partial charge in [0.1, 0.15) is 0 Å². The first-order chi connectivity index (χ1) is 9.06. The third-order valence-electron chi connectivity index (χ3n) is 2.59. The molecule has 0 N–H and O–H groups in total. The first kappa shape index (κ1) is 15.9. The fourth-order valence-electron chi connectivity index (χ4n) is 1.47. The number of nitrogens with zero attached hydrogens (tertiary/aromatic N) is 1. The van der Waals surface area contributed by atoms with E-state index in [-0.39, 0.29) is 17.9 Å². The van der Waals surface area contributed by atoms with Crippen LogP contribution in [0, 0.1) is 11.6 Å². The Hall–Kier alpha value is -1.20. The van der Waals surface area contributed by atoms with Crippen molar-refractivity contribution < 1.29 is 18.3 Å². The van der Waals surface area contributed by atoms with Gasteiger partial charge in [-0.2, -0.15) is 0 Å². The van der Waals surface area contributed by atoms with Crippen LogP contribution in [-0.2, 0) is 16.0 Å². The number of carbonyl (C=O) groups is 1. The van der Waals surface area contributed by atoms with E-state index >= 15 is 0 Å². The van der Waals surface area contributed by atoms with Crippen molar-refractivity contribution in [3.63, 3.8) is 0 Å². The molecule has 0 heterocycles. The van der Waals surface area contributed by atoms with Gasteiger partial charge in [-0.05, 0) is 6.07 Å². The van der Waals surface area contributed by atoms with Crippen LogP contribution in [0.5, 0.6) is 0 Å². The van der Waals surface area contributed by atoms with E-state index in [0.717, 1.165) is 6.07 Å². The van der Waals surface area contributed by atoms with E-state index in [1.807, 2.05) is 0 Å². The van der Waals surface area contributed by atoms with Crippen LogP contribution in [0.15, 0.2) is 18.2 Å². The molecule has 0 radical (unpaired) electrons. The fourth-order valence-corrected chi connectivity index (χ4v) is 1.57. The van der Waals surface area contributed by atoms with Crippen LogP contribution < -0.4 is 0 Å². The molecule has 0 aliphatic rings. The number of amides is 1. The zero-order chi connectivity index (χ0) is 14.3. The highest BCUT2D eigenvalue weighted by molar-refractivity contribution is 6.17. The predicted molar refractivity (Wildman–Crippen MR) is 69.2 cm³/mol. The largest absolute Gasteiger partial charge is 0.378 e. The maximum absolute atomic E-state index is 13.4. The van der Waals surface area contributed by atoms with Crippen LogP contribution in [-0.4, -0.2) is 43.5 Å². The zero-order valence-electron chi connectivity index (χ0n) is 10.7. The number of alkyl halides is 1. The second kappa shape index (κ2) is 8.07. The van der Waals surface area contributed by atoms with Gasteiger partial charge >= 0.3 is 0 Å². The molecule has 1 amide bonds. The number of likely N-dealkylation sites (N-methyl/N-ethyl adjacent to an activating group) is 1. The lowest BCUT2D eigenvalue weighted by atomic mass is 10.1. The first-order valence-electron chi connectivity index (χ1n) is 5.86. The van der Waals surface area contributed by atoms with Gasteiger partial charge in [0.25, 0.3) is 0 Å². The summed E-state index contributed by atoms with van der Waals surface area (Å²) in [6.45, 7) is 1.16. The molecule has 0 aliphatic heterocycles. The predicted octanol–water partition coefficient (Wildman–Crippen LogP) is 2.22. The van der Waals surface area contributed by atoms with E-state index in [9.17, 15) is 13.6 Å². The topological polar surface area (TPSA) is 29.5 Å². The molecule has 0 bridgehead atoms. The molecule has 0 unspecified atom stereocenters. The Balaban J connectivity index is 2.47. The summed E-state index contributed by atoms with van der Waals surface area (Å²) in [4.78, 5) is 13.2. The average molecular weight is 292 g/mol. The van der Waals surface area contributed by atoms with Crippen molar-refractivity contribution in [2.75, 3.05) is 32.7 Å². The monoisotopic (exact) mass is 291 g/mol. The van der Waals surface area contributed by atoms with Crippen molar-refractivity contribution in [3.8, 4) is 0 Å². The van der Waals surface area contributed by atoms with Crippen LogP contribution in [0.4, 0.5) is 8.78 Å². The first-order valence-corrected chi connectivity index (χ1v) is 6.40. The number of ether oxygens (including phenoxy) is 1. The van der Waals surface area contributed by atoms with Crippen molar-refractivity contribution >= 4 is 17.5 Å². The van der Waals surface area contributed by atoms with Gasteiger partial charge in [0, 0.05) is 25.0 Å². The minimum absolute atomic E-state index is 0.0542. The number of benzene rings is 1. The molecule has 0 saturated carbocycles. The molecular formula is C13H16ClF2NO2. The maximum Gasteiger partial charge on any atom is 0.226 e. The maximum atomic E-state index is 13.4.